The number of amides is 3. The Balaban J connectivity index is 2.49. The molecule has 0 aromatic carbocycles. The molecule has 1 aliphatic carbocycles. The number of methoxy groups -OCH3 is 1. The molecule has 0 saturated heterocycles. The molecule has 0 aliphatic heterocycles. The maximum absolute atomic E-state index is 12.2. The first-order chi connectivity index (χ1) is 9.76. The smallest absolute Gasteiger partial charge is 0.407 e. The topological polar surface area (TPSA) is 96.5 Å². The summed E-state index contributed by atoms with van der Waals surface area (Å²) in [6.45, 7) is 7.44. The third-order valence-corrected chi connectivity index (χ3v) is 3.29. The molecule has 1 rings (SSSR count). The Morgan fingerprint density at radius 3 is 2.19 bits per heavy atom. The molecule has 0 heterocycles. The van der Waals surface area contributed by atoms with Gasteiger partial charge in [-0.25, -0.2) is 4.79 Å². The Hall–Kier alpha value is -1.79. The van der Waals surface area contributed by atoms with Crippen LogP contribution in [0.25, 0.3) is 0 Å². The molecule has 0 radical (unpaired) electrons. The molecule has 3 atom stereocenters. The lowest BCUT2D eigenvalue weighted by Crippen LogP contribution is -2.50. The fraction of sp³-hybridized carbons (Fsp3) is 0.786. The Morgan fingerprint density at radius 2 is 1.71 bits per heavy atom. The maximum atomic E-state index is 12.2. The largest absolute Gasteiger partial charge is 0.453 e. The lowest BCUT2D eigenvalue weighted by molar-refractivity contribution is -0.124. The third kappa shape index (κ3) is 5.24. The van der Waals surface area contributed by atoms with Gasteiger partial charge in [-0.05, 0) is 26.2 Å². The van der Waals surface area contributed by atoms with Crippen molar-refractivity contribution in [3.63, 3.8) is 0 Å². The van der Waals surface area contributed by atoms with Crippen LogP contribution < -0.4 is 16.0 Å². The van der Waals surface area contributed by atoms with E-state index >= 15 is 0 Å². The van der Waals surface area contributed by atoms with Crippen LogP contribution in [0.1, 0.15) is 34.1 Å². The zero-order valence-corrected chi connectivity index (χ0v) is 13.2. The van der Waals surface area contributed by atoms with Gasteiger partial charge in [0.15, 0.2) is 0 Å². The van der Waals surface area contributed by atoms with E-state index in [9.17, 15) is 14.4 Å². The summed E-state index contributed by atoms with van der Waals surface area (Å²) in [7, 11) is 1.25. The van der Waals surface area contributed by atoms with Gasteiger partial charge in [0.1, 0.15) is 6.04 Å². The number of ether oxygens (including phenoxy) is 1. The Morgan fingerprint density at radius 1 is 1.10 bits per heavy atom. The van der Waals surface area contributed by atoms with E-state index in [1.807, 2.05) is 27.7 Å². The highest BCUT2D eigenvalue weighted by molar-refractivity contribution is 5.88. The van der Waals surface area contributed by atoms with E-state index < -0.39 is 12.1 Å². The van der Waals surface area contributed by atoms with Gasteiger partial charge in [-0.2, -0.15) is 0 Å². The number of hydrogen-bond acceptors (Lipinski definition) is 4. The number of carbonyl (C=O) groups is 3. The minimum atomic E-state index is -0.674. The highest BCUT2D eigenvalue weighted by Gasteiger charge is 2.45. The molecule has 7 nitrogen and oxygen atoms in total. The maximum Gasteiger partial charge on any atom is 0.407 e. The van der Waals surface area contributed by atoms with E-state index in [-0.39, 0.29) is 35.7 Å². The van der Waals surface area contributed by atoms with Crippen molar-refractivity contribution in [3.05, 3.63) is 0 Å². The van der Waals surface area contributed by atoms with Gasteiger partial charge in [0.25, 0.3) is 0 Å². The summed E-state index contributed by atoms with van der Waals surface area (Å²) < 4.78 is 4.51. The molecule has 0 unspecified atom stereocenters. The van der Waals surface area contributed by atoms with Gasteiger partial charge in [0.2, 0.25) is 11.8 Å². The molecule has 0 spiro atoms. The second-order valence-electron chi connectivity index (χ2n) is 5.98. The average molecular weight is 299 g/mol. The van der Waals surface area contributed by atoms with E-state index in [1.165, 1.54) is 7.11 Å². The van der Waals surface area contributed by atoms with E-state index in [4.69, 9.17) is 0 Å². The Labute approximate surface area is 125 Å². The predicted octanol–water partition coefficient (Wildman–Crippen LogP) is 0.396. The van der Waals surface area contributed by atoms with Crippen LogP contribution in [-0.4, -0.2) is 43.1 Å². The molecular weight excluding hydrogens is 274 g/mol. The summed E-state index contributed by atoms with van der Waals surface area (Å²) in [6, 6.07) is -0.748. The van der Waals surface area contributed by atoms with Crippen LogP contribution >= 0.6 is 0 Å². The summed E-state index contributed by atoms with van der Waals surface area (Å²) in [5.74, 6) is -0.592. The molecular formula is C14H25N3O4. The zero-order chi connectivity index (χ0) is 16.2. The third-order valence-electron chi connectivity index (χ3n) is 3.29. The Kier molecular flexibility index (Phi) is 5.99. The van der Waals surface area contributed by atoms with Crippen molar-refractivity contribution < 1.29 is 19.1 Å². The second-order valence-corrected chi connectivity index (χ2v) is 5.98. The molecule has 0 bridgehead atoms. The lowest BCUT2D eigenvalue weighted by atomic mass is 10.0. The number of hydrogen-bond donors (Lipinski definition) is 3. The fourth-order valence-corrected chi connectivity index (χ4v) is 2.03. The van der Waals surface area contributed by atoms with Crippen LogP contribution in [0.4, 0.5) is 4.79 Å². The Bertz CT molecular complexity index is 409. The molecule has 3 N–H and O–H groups in total. The highest BCUT2D eigenvalue weighted by atomic mass is 16.5. The first kappa shape index (κ1) is 17.3. The van der Waals surface area contributed by atoms with Gasteiger partial charge >= 0.3 is 6.09 Å². The summed E-state index contributed by atoms with van der Waals surface area (Å²) in [5.41, 5.74) is 0. The van der Waals surface area contributed by atoms with Gasteiger partial charge in [0, 0.05) is 12.1 Å². The first-order valence-electron chi connectivity index (χ1n) is 7.21. The number of alkyl carbamates (subject to hydrolysis) is 1. The van der Waals surface area contributed by atoms with Crippen LogP contribution in [0.3, 0.4) is 0 Å². The van der Waals surface area contributed by atoms with Crippen LogP contribution in [0.15, 0.2) is 0 Å². The standard InChI is InChI=1S/C14H25N3O4/c1-7(2)11(17-14(20)21-5)13(19)16-10-6-9(10)12(18)15-8(3)4/h7-11H,6H2,1-5H3,(H,15,18)(H,16,19)(H,17,20)/t9-,10-,11-/m0/s1. The van der Waals surface area contributed by atoms with E-state index in [2.05, 4.69) is 20.7 Å². The number of carbonyl (C=O) groups excluding carboxylic acids is 3. The summed E-state index contributed by atoms with van der Waals surface area (Å²) >= 11 is 0. The highest BCUT2D eigenvalue weighted by Crippen LogP contribution is 2.30. The SMILES string of the molecule is COC(=O)N[C@H](C(=O)N[C@H]1C[C@@H]1C(=O)NC(C)C)C(C)C. The van der Waals surface area contributed by atoms with Crippen LogP contribution in [0.5, 0.6) is 0 Å². The van der Waals surface area contributed by atoms with Crippen molar-refractivity contribution in [1.29, 1.82) is 0 Å². The molecule has 0 aromatic heterocycles. The van der Waals surface area contributed by atoms with Gasteiger partial charge in [-0.1, -0.05) is 13.8 Å². The summed E-state index contributed by atoms with van der Waals surface area (Å²) in [5, 5.41) is 8.12. The molecule has 21 heavy (non-hydrogen) atoms. The van der Waals surface area contributed by atoms with Gasteiger partial charge in [-0.15, -0.1) is 0 Å². The van der Waals surface area contributed by atoms with E-state index in [0.717, 1.165) is 0 Å². The lowest BCUT2D eigenvalue weighted by Gasteiger charge is -2.21. The van der Waals surface area contributed by atoms with Crippen LogP contribution in [-0.2, 0) is 14.3 Å². The zero-order valence-electron chi connectivity index (χ0n) is 13.2. The summed E-state index contributed by atoms with van der Waals surface area (Å²) in [6.07, 6.45) is -0.0124. The van der Waals surface area contributed by atoms with Crippen molar-refractivity contribution in [1.82, 2.24) is 16.0 Å². The van der Waals surface area contributed by atoms with Gasteiger partial charge < -0.3 is 20.7 Å². The van der Waals surface area contributed by atoms with Crippen molar-refractivity contribution in [2.24, 2.45) is 11.8 Å². The number of rotatable bonds is 6. The normalized spacial score (nSPS) is 21.7. The molecule has 7 heteroatoms. The quantitative estimate of drug-likeness (QED) is 0.661. The van der Waals surface area contributed by atoms with Crippen molar-refractivity contribution in [2.45, 2.75) is 52.2 Å². The molecule has 0 aromatic rings. The number of nitrogens with one attached hydrogen (secondary N) is 3. The molecule has 1 aliphatic rings. The first-order valence-corrected chi connectivity index (χ1v) is 7.21. The van der Waals surface area contributed by atoms with Crippen LogP contribution in [0.2, 0.25) is 0 Å². The van der Waals surface area contributed by atoms with Gasteiger partial charge in [-0.3, -0.25) is 9.59 Å². The van der Waals surface area contributed by atoms with E-state index in [0.29, 0.717) is 6.42 Å². The summed E-state index contributed by atoms with van der Waals surface area (Å²) in [4.78, 5) is 35.2. The molecule has 1 fully saturated rings. The minimum absolute atomic E-state index is 0.0441. The van der Waals surface area contributed by atoms with Crippen molar-refractivity contribution >= 4 is 17.9 Å². The monoisotopic (exact) mass is 299 g/mol. The predicted molar refractivity (Wildman–Crippen MR) is 77.5 cm³/mol. The average Bonchev–Trinajstić information content (AvgIpc) is 3.13. The fourth-order valence-electron chi connectivity index (χ4n) is 2.03. The second kappa shape index (κ2) is 7.28. The molecule has 3 amide bonds. The van der Waals surface area contributed by atoms with Crippen molar-refractivity contribution in [2.75, 3.05) is 7.11 Å². The van der Waals surface area contributed by atoms with Crippen LogP contribution in [0, 0.1) is 11.8 Å². The van der Waals surface area contributed by atoms with E-state index in [1.54, 1.807) is 0 Å². The molecule has 1 saturated carbocycles. The van der Waals surface area contributed by atoms with Crippen molar-refractivity contribution in [3.8, 4) is 0 Å². The minimum Gasteiger partial charge on any atom is -0.453 e. The van der Waals surface area contributed by atoms with Gasteiger partial charge in [0.05, 0.1) is 13.0 Å². The molecule has 120 valence electrons.